The predicted octanol–water partition coefficient (Wildman–Crippen LogP) is 2.67. The number of hydrogen-bond donors (Lipinski definition) is 2. The molecule has 0 bridgehead atoms. The van der Waals surface area contributed by atoms with Gasteiger partial charge in [-0.25, -0.2) is 0 Å². The smallest absolute Gasteiger partial charge is 0.259 e. The molecule has 1 aliphatic heterocycles. The summed E-state index contributed by atoms with van der Waals surface area (Å²) in [5.74, 6) is -0.0116. The highest BCUT2D eigenvalue weighted by Crippen LogP contribution is 2.25. The number of nitrogens with one attached hydrogen (secondary N) is 1. The summed E-state index contributed by atoms with van der Waals surface area (Å²) >= 11 is 6.03. The highest BCUT2D eigenvalue weighted by Gasteiger charge is 2.26. The fraction of sp³-hybridized carbons (Fsp3) is 0.294. The first-order chi connectivity index (χ1) is 11.5. The van der Waals surface area contributed by atoms with Crippen LogP contribution in [0, 0.1) is 6.92 Å². The zero-order chi connectivity index (χ0) is 17.3. The van der Waals surface area contributed by atoms with E-state index in [-0.39, 0.29) is 17.9 Å². The third-order valence-electron chi connectivity index (χ3n) is 4.08. The number of halogens is 1. The van der Waals surface area contributed by atoms with Crippen LogP contribution in [0.2, 0.25) is 5.02 Å². The summed E-state index contributed by atoms with van der Waals surface area (Å²) in [5.41, 5.74) is 7.05. The van der Waals surface area contributed by atoms with Crippen LogP contribution in [-0.4, -0.2) is 35.8 Å². The first kappa shape index (κ1) is 16.5. The lowest BCUT2D eigenvalue weighted by molar-refractivity contribution is 0.0792. The van der Waals surface area contributed by atoms with Crippen molar-refractivity contribution in [2.45, 2.75) is 19.4 Å². The molecule has 1 aromatic carbocycles. The van der Waals surface area contributed by atoms with Gasteiger partial charge in [-0.1, -0.05) is 11.6 Å². The van der Waals surface area contributed by atoms with Crippen molar-refractivity contribution in [1.82, 2.24) is 4.90 Å². The van der Waals surface area contributed by atoms with E-state index in [0.29, 0.717) is 40.7 Å². The molecule has 6 nitrogen and oxygen atoms in total. The maximum Gasteiger partial charge on any atom is 0.259 e. The third kappa shape index (κ3) is 3.29. The van der Waals surface area contributed by atoms with Crippen molar-refractivity contribution in [3.63, 3.8) is 0 Å². The standard InChI is InChI=1S/C17H18ClN3O3/c1-10-13(5-7-24-10)16(22)20-15-8-11(18)2-3-14(15)17(23)21-6-4-12(19)9-21/h2-3,5,7-8,12H,4,6,9,19H2,1H3,(H,20,22)/t12-/m1/s1. The van der Waals surface area contributed by atoms with Crippen LogP contribution in [0.25, 0.3) is 0 Å². The lowest BCUT2D eigenvalue weighted by atomic mass is 10.1. The molecule has 0 aliphatic carbocycles. The number of carbonyl (C=O) groups is 2. The van der Waals surface area contributed by atoms with E-state index in [1.807, 2.05) is 0 Å². The van der Waals surface area contributed by atoms with Crippen molar-refractivity contribution in [2.75, 3.05) is 18.4 Å². The number of hydrogen-bond acceptors (Lipinski definition) is 4. The first-order valence-electron chi connectivity index (χ1n) is 7.65. The van der Waals surface area contributed by atoms with E-state index in [1.54, 1.807) is 36.1 Å². The van der Waals surface area contributed by atoms with Gasteiger partial charge in [-0.2, -0.15) is 0 Å². The Morgan fingerprint density at radius 2 is 2.12 bits per heavy atom. The number of benzene rings is 1. The molecule has 0 saturated carbocycles. The summed E-state index contributed by atoms with van der Waals surface area (Å²) < 4.78 is 5.14. The van der Waals surface area contributed by atoms with Gasteiger partial charge in [0.25, 0.3) is 11.8 Å². The van der Waals surface area contributed by atoms with Crippen molar-refractivity contribution in [3.05, 3.63) is 52.4 Å². The van der Waals surface area contributed by atoms with E-state index < -0.39 is 0 Å². The Bertz CT molecular complexity index is 787. The normalized spacial score (nSPS) is 17.1. The van der Waals surface area contributed by atoms with Crippen molar-refractivity contribution in [1.29, 1.82) is 0 Å². The molecule has 0 unspecified atom stereocenters. The number of aryl methyl sites for hydroxylation is 1. The van der Waals surface area contributed by atoms with Crippen LogP contribution in [0.15, 0.2) is 34.9 Å². The number of nitrogens with zero attached hydrogens (tertiary/aromatic N) is 1. The largest absolute Gasteiger partial charge is 0.469 e. The van der Waals surface area contributed by atoms with Crippen LogP contribution in [0.4, 0.5) is 5.69 Å². The highest BCUT2D eigenvalue weighted by molar-refractivity contribution is 6.31. The van der Waals surface area contributed by atoms with Crippen molar-refractivity contribution < 1.29 is 14.0 Å². The Kier molecular flexibility index (Phi) is 4.59. The Labute approximate surface area is 144 Å². The minimum Gasteiger partial charge on any atom is -0.469 e. The Hall–Kier alpha value is -2.31. The molecule has 3 rings (SSSR count). The molecule has 1 aromatic heterocycles. The molecule has 1 saturated heterocycles. The quantitative estimate of drug-likeness (QED) is 0.893. The minimum atomic E-state index is -0.351. The van der Waals surface area contributed by atoms with E-state index in [0.717, 1.165) is 6.42 Å². The number of nitrogens with two attached hydrogens (primary N) is 1. The molecule has 126 valence electrons. The van der Waals surface area contributed by atoms with Crippen molar-refractivity contribution in [2.24, 2.45) is 5.73 Å². The molecule has 2 heterocycles. The first-order valence-corrected chi connectivity index (χ1v) is 8.03. The van der Waals surface area contributed by atoms with Crippen LogP contribution < -0.4 is 11.1 Å². The SMILES string of the molecule is Cc1occc1C(=O)Nc1cc(Cl)ccc1C(=O)N1CC[C@@H](N)C1. The molecule has 0 spiro atoms. The minimum absolute atomic E-state index is 0.00660. The second-order valence-electron chi connectivity index (χ2n) is 5.83. The molecule has 7 heteroatoms. The zero-order valence-electron chi connectivity index (χ0n) is 13.2. The average Bonchev–Trinajstić information content (AvgIpc) is 3.15. The van der Waals surface area contributed by atoms with Gasteiger partial charge in [0.15, 0.2) is 0 Å². The van der Waals surface area contributed by atoms with Gasteiger partial charge in [0, 0.05) is 24.2 Å². The molecular weight excluding hydrogens is 330 g/mol. The van der Waals surface area contributed by atoms with Crippen molar-refractivity contribution in [3.8, 4) is 0 Å². The average molecular weight is 348 g/mol. The van der Waals surface area contributed by atoms with Gasteiger partial charge in [0.05, 0.1) is 23.1 Å². The molecule has 1 fully saturated rings. The van der Waals surface area contributed by atoms with Crippen LogP contribution in [0.5, 0.6) is 0 Å². The topological polar surface area (TPSA) is 88.6 Å². The highest BCUT2D eigenvalue weighted by atomic mass is 35.5. The van der Waals surface area contributed by atoms with Gasteiger partial charge in [-0.05, 0) is 37.6 Å². The summed E-state index contributed by atoms with van der Waals surface area (Å²) in [6, 6.07) is 6.39. The number of likely N-dealkylation sites (tertiary alicyclic amines) is 1. The molecular formula is C17H18ClN3O3. The van der Waals surface area contributed by atoms with Gasteiger partial charge in [0.1, 0.15) is 5.76 Å². The van der Waals surface area contributed by atoms with Crippen LogP contribution in [0.1, 0.15) is 32.9 Å². The molecule has 24 heavy (non-hydrogen) atoms. The predicted molar refractivity (Wildman–Crippen MR) is 91.3 cm³/mol. The van der Waals surface area contributed by atoms with E-state index >= 15 is 0 Å². The van der Waals surface area contributed by atoms with Crippen LogP contribution >= 0.6 is 11.6 Å². The van der Waals surface area contributed by atoms with Gasteiger partial charge in [-0.15, -0.1) is 0 Å². The van der Waals surface area contributed by atoms with Crippen LogP contribution in [0.3, 0.4) is 0 Å². The summed E-state index contributed by atoms with van der Waals surface area (Å²) in [4.78, 5) is 26.8. The van der Waals surface area contributed by atoms with Gasteiger partial charge in [-0.3, -0.25) is 9.59 Å². The van der Waals surface area contributed by atoms with E-state index in [9.17, 15) is 9.59 Å². The molecule has 1 aliphatic rings. The molecule has 2 amide bonds. The molecule has 3 N–H and O–H groups in total. The summed E-state index contributed by atoms with van der Waals surface area (Å²) in [5, 5.41) is 3.18. The van der Waals surface area contributed by atoms with Crippen LogP contribution in [-0.2, 0) is 0 Å². The lowest BCUT2D eigenvalue weighted by Crippen LogP contribution is -2.32. The maximum absolute atomic E-state index is 12.7. The second kappa shape index (κ2) is 6.67. The number of rotatable bonds is 3. The number of carbonyl (C=O) groups excluding carboxylic acids is 2. The zero-order valence-corrected chi connectivity index (χ0v) is 14.0. The van der Waals surface area contributed by atoms with Crippen molar-refractivity contribution >= 4 is 29.1 Å². The Morgan fingerprint density at radius 3 is 2.75 bits per heavy atom. The number of anilines is 1. The number of furan rings is 1. The van der Waals surface area contributed by atoms with E-state index in [2.05, 4.69) is 5.32 Å². The Balaban J connectivity index is 1.87. The maximum atomic E-state index is 12.7. The number of amides is 2. The monoisotopic (exact) mass is 347 g/mol. The summed E-state index contributed by atoms with van der Waals surface area (Å²) in [7, 11) is 0. The van der Waals surface area contributed by atoms with Gasteiger partial charge in [0.2, 0.25) is 0 Å². The molecule has 0 radical (unpaired) electrons. The lowest BCUT2D eigenvalue weighted by Gasteiger charge is -2.18. The van der Waals surface area contributed by atoms with Gasteiger partial charge >= 0.3 is 0 Å². The van der Waals surface area contributed by atoms with E-state index in [4.69, 9.17) is 21.8 Å². The summed E-state index contributed by atoms with van der Waals surface area (Å²) in [6.07, 6.45) is 2.22. The molecule has 2 aromatic rings. The van der Waals surface area contributed by atoms with Gasteiger partial charge < -0.3 is 20.4 Å². The fourth-order valence-electron chi connectivity index (χ4n) is 2.76. The van der Waals surface area contributed by atoms with E-state index in [1.165, 1.54) is 6.26 Å². The summed E-state index contributed by atoms with van der Waals surface area (Å²) in [6.45, 7) is 2.82. The third-order valence-corrected chi connectivity index (χ3v) is 4.31. The second-order valence-corrected chi connectivity index (χ2v) is 6.27. The fourth-order valence-corrected chi connectivity index (χ4v) is 2.93. The molecule has 1 atom stereocenters. The Morgan fingerprint density at radius 1 is 1.33 bits per heavy atom.